The van der Waals surface area contributed by atoms with E-state index in [-0.39, 0.29) is 5.75 Å². The molecule has 0 spiro atoms. The number of piperazine rings is 1. The second-order valence-corrected chi connectivity index (χ2v) is 4.62. The third-order valence-electron chi connectivity index (χ3n) is 3.47. The van der Waals surface area contributed by atoms with E-state index in [9.17, 15) is 5.11 Å². The van der Waals surface area contributed by atoms with Gasteiger partial charge in [0.05, 0.1) is 6.61 Å². The third kappa shape index (κ3) is 2.94. The van der Waals surface area contributed by atoms with Crippen molar-refractivity contribution in [3.63, 3.8) is 0 Å². The van der Waals surface area contributed by atoms with Crippen LogP contribution in [0.2, 0.25) is 0 Å². The van der Waals surface area contributed by atoms with E-state index in [2.05, 4.69) is 17.1 Å². The van der Waals surface area contributed by atoms with E-state index in [1.807, 2.05) is 19.1 Å². The Hall–Kier alpha value is -1.26. The van der Waals surface area contributed by atoms with E-state index in [4.69, 9.17) is 4.74 Å². The van der Waals surface area contributed by atoms with E-state index in [1.54, 1.807) is 6.07 Å². The summed E-state index contributed by atoms with van der Waals surface area (Å²) >= 11 is 0. The van der Waals surface area contributed by atoms with Gasteiger partial charge >= 0.3 is 0 Å². The fourth-order valence-electron chi connectivity index (χ4n) is 2.34. The van der Waals surface area contributed by atoms with Crippen LogP contribution in [-0.2, 0) is 0 Å². The minimum absolute atomic E-state index is 0.216. The average molecular weight is 250 g/mol. The van der Waals surface area contributed by atoms with Crippen molar-refractivity contribution in [1.82, 2.24) is 10.2 Å². The lowest BCUT2D eigenvalue weighted by Gasteiger charge is -2.33. The molecule has 1 aromatic rings. The predicted octanol–water partition coefficient (Wildman–Crippen LogP) is 1.76. The normalized spacial score (nSPS) is 18.6. The van der Waals surface area contributed by atoms with Crippen LogP contribution in [0.15, 0.2) is 18.2 Å². The zero-order valence-corrected chi connectivity index (χ0v) is 11.1. The Kier molecular flexibility index (Phi) is 4.44. The van der Waals surface area contributed by atoms with Gasteiger partial charge in [-0.2, -0.15) is 0 Å². The van der Waals surface area contributed by atoms with Gasteiger partial charge in [0.1, 0.15) is 0 Å². The molecule has 1 fully saturated rings. The quantitative estimate of drug-likeness (QED) is 0.854. The summed E-state index contributed by atoms with van der Waals surface area (Å²) in [7, 11) is 0. The summed E-state index contributed by atoms with van der Waals surface area (Å²) in [5.41, 5.74) is 1.19. The highest BCUT2D eigenvalue weighted by molar-refractivity contribution is 5.42. The zero-order valence-electron chi connectivity index (χ0n) is 11.1. The number of rotatable bonds is 4. The molecule has 1 aliphatic rings. The molecule has 2 rings (SSSR count). The largest absolute Gasteiger partial charge is 0.504 e. The van der Waals surface area contributed by atoms with Crippen LogP contribution in [0.25, 0.3) is 0 Å². The van der Waals surface area contributed by atoms with Crippen molar-refractivity contribution in [3.8, 4) is 11.5 Å². The van der Waals surface area contributed by atoms with Crippen LogP contribution < -0.4 is 10.1 Å². The first-order chi connectivity index (χ1) is 8.72. The van der Waals surface area contributed by atoms with Crippen molar-refractivity contribution >= 4 is 0 Å². The van der Waals surface area contributed by atoms with Crippen molar-refractivity contribution in [1.29, 1.82) is 0 Å². The molecule has 4 nitrogen and oxygen atoms in total. The highest BCUT2D eigenvalue weighted by atomic mass is 16.5. The van der Waals surface area contributed by atoms with Gasteiger partial charge in [-0.15, -0.1) is 0 Å². The Labute approximate surface area is 109 Å². The summed E-state index contributed by atoms with van der Waals surface area (Å²) in [6.45, 7) is 8.90. The first kappa shape index (κ1) is 13.2. The van der Waals surface area contributed by atoms with E-state index >= 15 is 0 Å². The molecule has 0 amide bonds. The topological polar surface area (TPSA) is 44.7 Å². The molecule has 0 unspecified atom stereocenters. The van der Waals surface area contributed by atoms with Crippen molar-refractivity contribution in [2.24, 2.45) is 0 Å². The Bertz CT molecular complexity index is 389. The van der Waals surface area contributed by atoms with Gasteiger partial charge in [-0.3, -0.25) is 4.90 Å². The fourth-order valence-corrected chi connectivity index (χ4v) is 2.34. The molecule has 1 saturated heterocycles. The number of aromatic hydroxyl groups is 1. The lowest BCUT2D eigenvalue weighted by Crippen LogP contribution is -2.44. The van der Waals surface area contributed by atoms with Gasteiger partial charge in [0.15, 0.2) is 11.5 Å². The van der Waals surface area contributed by atoms with Crippen molar-refractivity contribution in [2.75, 3.05) is 32.8 Å². The molecule has 18 heavy (non-hydrogen) atoms. The number of hydrogen-bond acceptors (Lipinski definition) is 4. The van der Waals surface area contributed by atoms with Gasteiger partial charge in [0.25, 0.3) is 0 Å². The van der Waals surface area contributed by atoms with Crippen LogP contribution in [0.5, 0.6) is 11.5 Å². The summed E-state index contributed by atoms with van der Waals surface area (Å²) in [5.74, 6) is 0.796. The zero-order chi connectivity index (χ0) is 13.0. The van der Waals surface area contributed by atoms with Crippen LogP contribution >= 0.6 is 0 Å². The highest BCUT2D eigenvalue weighted by Crippen LogP contribution is 2.31. The molecule has 1 atom stereocenters. The van der Waals surface area contributed by atoms with Crippen LogP contribution in [0.1, 0.15) is 25.5 Å². The molecule has 1 aliphatic heterocycles. The molecule has 0 bridgehead atoms. The Morgan fingerprint density at radius 3 is 2.78 bits per heavy atom. The lowest BCUT2D eigenvalue weighted by molar-refractivity contribution is 0.185. The number of benzene rings is 1. The van der Waals surface area contributed by atoms with Crippen molar-refractivity contribution in [2.45, 2.75) is 19.9 Å². The van der Waals surface area contributed by atoms with Crippen LogP contribution in [-0.4, -0.2) is 42.8 Å². The van der Waals surface area contributed by atoms with Crippen LogP contribution in [0.4, 0.5) is 0 Å². The predicted molar refractivity (Wildman–Crippen MR) is 72.1 cm³/mol. The van der Waals surface area contributed by atoms with Gasteiger partial charge < -0.3 is 15.2 Å². The Morgan fingerprint density at radius 1 is 1.39 bits per heavy atom. The van der Waals surface area contributed by atoms with Gasteiger partial charge in [-0.25, -0.2) is 0 Å². The van der Waals surface area contributed by atoms with E-state index in [0.29, 0.717) is 18.4 Å². The van der Waals surface area contributed by atoms with Gasteiger partial charge in [-0.1, -0.05) is 6.07 Å². The van der Waals surface area contributed by atoms with Gasteiger partial charge in [0, 0.05) is 32.2 Å². The average Bonchev–Trinajstić information content (AvgIpc) is 2.42. The van der Waals surface area contributed by atoms with Gasteiger partial charge in [0.2, 0.25) is 0 Å². The number of nitrogens with zero attached hydrogens (tertiary/aromatic N) is 1. The summed E-state index contributed by atoms with van der Waals surface area (Å²) in [6, 6.07) is 6.00. The minimum Gasteiger partial charge on any atom is -0.504 e. The van der Waals surface area contributed by atoms with E-state index in [0.717, 1.165) is 26.2 Å². The Balaban J connectivity index is 2.13. The number of phenols is 1. The monoisotopic (exact) mass is 250 g/mol. The maximum absolute atomic E-state index is 9.71. The van der Waals surface area contributed by atoms with Crippen LogP contribution in [0.3, 0.4) is 0 Å². The van der Waals surface area contributed by atoms with Crippen molar-refractivity contribution in [3.05, 3.63) is 23.8 Å². The Morgan fingerprint density at radius 2 is 2.11 bits per heavy atom. The molecule has 0 radical (unpaired) electrons. The summed E-state index contributed by atoms with van der Waals surface area (Å²) < 4.78 is 5.43. The standard InChI is InChI=1S/C14H22N2O2/c1-3-18-14-10-12(4-5-13(14)17)11(2)16-8-6-15-7-9-16/h4-5,10-11,15,17H,3,6-9H2,1-2H3/t11-/m0/s1. The smallest absolute Gasteiger partial charge is 0.161 e. The molecule has 2 N–H and O–H groups in total. The minimum atomic E-state index is 0.216. The maximum atomic E-state index is 9.71. The van der Waals surface area contributed by atoms with E-state index in [1.165, 1.54) is 5.56 Å². The molecule has 1 heterocycles. The first-order valence-electron chi connectivity index (χ1n) is 6.63. The van der Waals surface area contributed by atoms with Crippen LogP contribution in [0, 0.1) is 0 Å². The second kappa shape index (κ2) is 6.07. The van der Waals surface area contributed by atoms with E-state index < -0.39 is 0 Å². The second-order valence-electron chi connectivity index (χ2n) is 4.62. The summed E-state index contributed by atoms with van der Waals surface area (Å²) in [4.78, 5) is 2.44. The SMILES string of the molecule is CCOc1cc([C@H](C)N2CCNCC2)ccc1O. The number of phenolic OH excluding ortho intramolecular Hbond substituents is 1. The summed E-state index contributed by atoms with van der Waals surface area (Å²) in [5, 5.41) is 13.1. The van der Waals surface area contributed by atoms with Gasteiger partial charge in [-0.05, 0) is 31.5 Å². The first-order valence-corrected chi connectivity index (χ1v) is 6.63. The molecule has 0 aromatic heterocycles. The van der Waals surface area contributed by atoms with Crippen molar-refractivity contribution < 1.29 is 9.84 Å². The molecule has 0 aliphatic carbocycles. The molecule has 1 aromatic carbocycles. The molecular weight excluding hydrogens is 228 g/mol. The number of hydrogen-bond donors (Lipinski definition) is 2. The molecule has 4 heteroatoms. The number of ether oxygens (including phenoxy) is 1. The highest BCUT2D eigenvalue weighted by Gasteiger charge is 2.18. The lowest BCUT2D eigenvalue weighted by atomic mass is 10.1. The molecule has 100 valence electrons. The summed E-state index contributed by atoms with van der Waals surface area (Å²) in [6.07, 6.45) is 0. The maximum Gasteiger partial charge on any atom is 0.161 e. The molecule has 0 saturated carbocycles. The third-order valence-corrected chi connectivity index (χ3v) is 3.47. The fraction of sp³-hybridized carbons (Fsp3) is 0.571. The molecular formula is C14H22N2O2. The number of nitrogens with one attached hydrogen (secondary N) is 1.